The Morgan fingerprint density at radius 2 is 1.93 bits per heavy atom. The second kappa shape index (κ2) is 6.61. The number of halogens is 1. The molecule has 0 aliphatic heterocycles. The van der Waals surface area contributed by atoms with Crippen LogP contribution in [0.2, 0.25) is 0 Å². The van der Waals surface area contributed by atoms with Crippen molar-refractivity contribution in [2.45, 2.75) is 13.0 Å². The quantitative estimate of drug-likeness (QED) is 0.470. The lowest BCUT2D eigenvalue weighted by Gasteiger charge is -2.06. The number of hydrogen-bond acceptors (Lipinski definition) is 6. The van der Waals surface area contributed by atoms with Gasteiger partial charge in [-0.3, -0.25) is 9.36 Å². The van der Waals surface area contributed by atoms with E-state index in [1.165, 1.54) is 32.4 Å². The van der Waals surface area contributed by atoms with E-state index in [2.05, 4.69) is 20.3 Å². The Balaban J connectivity index is 1.58. The lowest BCUT2D eigenvalue weighted by atomic mass is 10.1. The van der Waals surface area contributed by atoms with Crippen molar-refractivity contribution in [1.82, 2.24) is 29.4 Å². The highest BCUT2D eigenvalue weighted by Crippen LogP contribution is 2.24. The number of rotatable bonds is 4. The lowest BCUT2D eigenvalue weighted by Crippen LogP contribution is -2.23. The van der Waals surface area contributed by atoms with Crippen LogP contribution in [0.15, 0.2) is 59.1 Å². The molecular formula is C19H13FN6OS. The molecule has 0 atom stereocenters. The molecule has 1 aromatic carbocycles. The summed E-state index contributed by atoms with van der Waals surface area (Å²) in [6, 6.07) is 10.1. The van der Waals surface area contributed by atoms with E-state index in [0.29, 0.717) is 23.4 Å². The van der Waals surface area contributed by atoms with Gasteiger partial charge in [-0.15, -0.1) is 21.5 Å². The zero-order chi connectivity index (χ0) is 19.1. The van der Waals surface area contributed by atoms with Crippen LogP contribution < -0.4 is 5.56 Å². The Kier molecular flexibility index (Phi) is 3.94. The molecule has 0 fully saturated rings. The Labute approximate surface area is 161 Å². The highest BCUT2D eigenvalue weighted by Gasteiger charge is 2.15. The van der Waals surface area contributed by atoms with Crippen LogP contribution in [0.25, 0.3) is 27.9 Å². The monoisotopic (exact) mass is 392 g/mol. The summed E-state index contributed by atoms with van der Waals surface area (Å²) in [6.07, 6.45) is 3.87. The number of benzene rings is 1. The summed E-state index contributed by atoms with van der Waals surface area (Å²) in [6.45, 7) is 0.516. The third kappa shape index (κ3) is 2.76. The fourth-order valence-electron chi connectivity index (χ4n) is 3.08. The fourth-order valence-corrected chi connectivity index (χ4v) is 3.78. The molecule has 28 heavy (non-hydrogen) atoms. The normalized spacial score (nSPS) is 11.5. The minimum atomic E-state index is -0.318. The Bertz CT molecular complexity index is 1340. The first-order valence-electron chi connectivity index (χ1n) is 8.58. The smallest absolute Gasteiger partial charge is 0.283 e. The second-order valence-corrected chi connectivity index (χ2v) is 7.28. The van der Waals surface area contributed by atoms with Crippen molar-refractivity contribution in [2.75, 3.05) is 0 Å². The van der Waals surface area contributed by atoms with Crippen LogP contribution in [0.3, 0.4) is 0 Å². The van der Waals surface area contributed by atoms with Crippen LogP contribution in [-0.2, 0) is 13.0 Å². The average Bonchev–Trinajstić information content (AvgIpc) is 3.38. The number of fused-ring (bicyclic) bond motifs is 3. The molecule has 0 amide bonds. The van der Waals surface area contributed by atoms with E-state index >= 15 is 0 Å². The van der Waals surface area contributed by atoms with Gasteiger partial charge in [-0.05, 0) is 35.6 Å². The molecule has 0 radical (unpaired) electrons. The molecule has 7 nitrogen and oxygen atoms in total. The number of aryl methyl sites for hydroxylation is 2. The van der Waals surface area contributed by atoms with E-state index in [1.54, 1.807) is 29.7 Å². The van der Waals surface area contributed by atoms with Crippen LogP contribution in [0.4, 0.5) is 4.39 Å². The average molecular weight is 392 g/mol. The van der Waals surface area contributed by atoms with E-state index in [1.807, 2.05) is 17.5 Å². The first kappa shape index (κ1) is 16.7. The van der Waals surface area contributed by atoms with Crippen molar-refractivity contribution < 1.29 is 4.39 Å². The lowest BCUT2D eigenvalue weighted by molar-refractivity contribution is 0.628. The van der Waals surface area contributed by atoms with Crippen LogP contribution in [0.1, 0.15) is 4.88 Å². The number of aromatic nitrogens is 6. The molecule has 138 valence electrons. The van der Waals surface area contributed by atoms with Crippen molar-refractivity contribution >= 4 is 28.1 Å². The van der Waals surface area contributed by atoms with Gasteiger partial charge in [-0.1, -0.05) is 18.2 Å². The molecule has 5 rings (SSSR count). The predicted molar refractivity (Wildman–Crippen MR) is 104 cm³/mol. The molecule has 0 bridgehead atoms. The van der Waals surface area contributed by atoms with Crippen molar-refractivity contribution in [3.05, 3.63) is 75.4 Å². The summed E-state index contributed by atoms with van der Waals surface area (Å²) in [7, 11) is 0. The highest BCUT2D eigenvalue weighted by molar-refractivity contribution is 7.09. The van der Waals surface area contributed by atoms with Crippen LogP contribution in [0, 0.1) is 5.82 Å². The molecule has 0 unspecified atom stereocenters. The summed E-state index contributed by atoms with van der Waals surface area (Å²) >= 11 is 1.65. The zero-order valence-corrected chi connectivity index (χ0v) is 15.3. The summed E-state index contributed by atoms with van der Waals surface area (Å²) in [5, 5.41) is 14.6. The van der Waals surface area contributed by atoms with Gasteiger partial charge in [0, 0.05) is 17.0 Å². The van der Waals surface area contributed by atoms with E-state index in [4.69, 9.17) is 0 Å². The van der Waals surface area contributed by atoms with Gasteiger partial charge in [0.1, 0.15) is 12.1 Å². The highest BCUT2D eigenvalue weighted by atomic mass is 32.1. The van der Waals surface area contributed by atoms with Crippen molar-refractivity contribution in [2.24, 2.45) is 0 Å². The molecule has 0 aliphatic carbocycles. The summed E-state index contributed by atoms with van der Waals surface area (Å²) < 4.78 is 16.2. The maximum Gasteiger partial charge on any atom is 0.283 e. The van der Waals surface area contributed by atoms with Crippen LogP contribution in [-0.4, -0.2) is 29.4 Å². The van der Waals surface area contributed by atoms with Crippen molar-refractivity contribution in [3.8, 4) is 11.1 Å². The number of hydrogen-bond donors (Lipinski definition) is 0. The molecule has 0 saturated heterocycles. The number of nitrogens with zero attached hydrogens (tertiary/aromatic N) is 6. The molecule has 0 spiro atoms. The minimum absolute atomic E-state index is 0.162. The maximum absolute atomic E-state index is 13.2. The van der Waals surface area contributed by atoms with Crippen LogP contribution >= 0.6 is 11.3 Å². The zero-order valence-electron chi connectivity index (χ0n) is 14.5. The van der Waals surface area contributed by atoms with Gasteiger partial charge >= 0.3 is 0 Å². The molecule has 9 heteroatoms. The van der Waals surface area contributed by atoms with Crippen molar-refractivity contribution in [3.63, 3.8) is 0 Å². The SMILES string of the molecule is O=c1c2nnc3c(-c4ccc(F)cc4)cnn3c2ncn1CCc1cccs1. The fraction of sp³-hybridized carbons (Fsp3) is 0.105. The van der Waals surface area contributed by atoms with Gasteiger partial charge in [0.25, 0.3) is 5.56 Å². The minimum Gasteiger partial charge on any atom is -0.297 e. The van der Waals surface area contributed by atoms with Gasteiger partial charge in [-0.2, -0.15) is 9.61 Å². The van der Waals surface area contributed by atoms with Gasteiger partial charge in [0.2, 0.25) is 0 Å². The molecule has 4 heterocycles. The summed E-state index contributed by atoms with van der Waals surface area (Å²) in [5.74, 6) is -0.318. The second-order valence-electron chi connectivity index (χ2n) is 6.25. The summed E-state index contributed by atoms with van der Waals surface area (Å²) in [5.41, 5.74) is 2.16. The van der Waals surface area contributed by atoms with Gasteiger partial charge in [0.05, 0.1) is 6.20 Å². The third-order valence-electron chi connectivity index (χ3n) is 4.52. The molecule has 5 aromatic rings. The Morgan fingerprint density at radius 1 is 1.07 bits per heavy atom. The summed E-state index contributed by atoms with van der Waals surface area (Å²) in [4.78, 5) is 18.4. The third-order valence-corrected chi connectivity index (χ3v) is 5.45. The maximum atomic E-state index is 13.2. The van der Waals surface area contributed by atoms with Crippen molar-refractivity contribution in [1.29, 1.82) is 0 Å². The molecular weight excluding hydrogens is 379 g/mol. The predicted octanol–water partition coefficient (Wildman–Crippen LogP) is 2.94. The first-order chi connectivity index (χ1) is 13.7. The van der Waals surface area contributed by atoms with E-state index in [9.17, 15) is 9.18 Å². The molecule has 0 N–H and O–H groups in total. The first-order valence-corrected chi connectivity index (χ1v) is 9.46. The molecule has 0 aliphatic rings. The van der Waals surface area contributed by atoms with Gasteiger partial charge < -0.3 is 0 Å². The Morgan fingerprint density at radius 3 is 2.71 bits per heavy atom. The van der Waals surface area contributed by atoms with E-state index in [0.717, 1.165) is 12.0 Å². The Hall–Kier alpha value is -3.46. The van der Waals surface area contributed by atoms with Crippen LogP contribution in [0.5, 0.6) is 0 Å². The van der Waals surface area contributed by atoms with Gasteiger partial charge in [-0.25, -0.2) is 9.37 Å². The standard InChI is InChI=1S/C19H13FN6OS/c20-13-5-3-12(4-6-13)15-10-22-26-17(15)24-23-16-18(26)21-11-25(19(16)27)8-7-14-2-1-9-28-14/h1-6,9-11H,7-8H2. The van der Waals surface area contributed by atoms with Gasteiger partial charge in [0.15, 0.2) is 16.8 Å². The molecule has 4 aromatic heterocycles. The topological polar surface area (TPSA) is 78.0 Å². The largest absolute Gasteiger partial charge is 0.297 e. The molecule has 0 saturated carbocycles. The number of thiophene rings is 1. The van der Waals surface area contributed by atoms with E-state index in [-0.39, 0.29) is 16.9 Å². The van der Waals surface area contributed by atoms with E-state index < -0.39 is 0 Å².